The summed E-state index contributed by atoms with van der Waals surface area (Å²) in [4.78, 5) is 13.5. The number of aryl methyl sites for hydroxylation is 2. The number of hydrogen-bond acceptors (Lipinski definition) is 4. The van der Waals surface area contributed by atoms with E-state index in [1.54, 1.807) is 26.2 Å². The summed E-state index contributed by atoms with van der Waals surface area (Å²) < 4.78 is 31.0. The third-order valence-electron chi connectivity index (χ3n) is 5.56. The normalized spacial score (nSPS) is 16.0. The van der Waals surface area contributed by atoms with E-state index in [-0.39, 0.29) is 11.4 Å². The predicted molar refractivity (Wildman–Crippen MR) is 109 cm³/mol. The first-order chi connectivity index (χ1) is 13.3. The number of carbonyl (C=O) groups is 1. The van der Waals surface area contributed by atoms with Gasteiger partial charge in [0.2, 0.25) is 5.91 Å². The Morgan fingerprint density at radius 2 is 1.82 bits per heavy atom. The third-order valence-corrected chi connectivity index (χ3v) is 8.20. The predicted octanol–water partition coefficient (Wildman–Crippen LogP) is 3.71. The van der Waals surface area contributed by atoms with Crippen molar-refractivity contribution in [2.24, 2.45) is 0 Å². The fourth-order valence-corrected chi connectivity index (χ4v) is 6.29. The number of amides is 1. The van der Waals surface area contributed by atoms with Crippen LogP contribution in [0.1, 0.15) is 42.4 Å². The maximum Gasteiger partial charge on any atom is 0.242 e. The van der Waals surface area contributed by atoms with Crippen LogP contribution in [0.4, 0.5) is 0 Å². The van der Waals surface area contributed by atoms with Crippen LogP contribution >= 0.6 is 0 Å². The fraction of sp³-hybridized carbons (Fsp3) is 0.409. The van der Waals surface area contributed by atoms with Crippen molar-refractivity contribution in [2.75, 3.05) is 7.11 Å². The number of rotatable bonds is 6. The summed E-state index contributed by atoms with van der Waals surface area (Å²) in [6.07, 6.45) is 2.17. The van der Waals surface area contributed by atoms with E-state index in [1.807, 2.05) is 37.3 Å². The van der Waals surface area contributed by atoms with Crippen molar-refractivity contribution in [3.05, 3.63) is 59.2 Å². The van der Waals surface area contributed by atoms with E-state index in [1.165, 1.54) is 0 Å². The van der Waals surface area contributed by atoms with E-state index in [4.69, 9.17) is 4.74 Å². The van der Waals surface area contributed by atoms with Gasteiger partial charge in [-0.2, -0.15) is 0 Å². The third kappa shape index (κ3) is 3.65. The molecule has 1 aliphatic rings. The van der Waals surface area contributed by atoms with Gasteiger partial charge >= 0.3 is 0 Å². The summed E-state index contributed by atoms with van der Waals surface area (Å²) >= 11 is 0. The Kier molecular flexibility index (Phi) is 5.79. The molecule has 1 saturated carbocycles. The molecule has 0 unspecified atom stereocenters. The number of hydrogen-bond donors (Lipinski definition) is 1. The van der Waals surface area contributed by atoms with Crippen molar-refractivity contribution in [3.8, 4) is 5.75 Å². The largest absolute Gasteiger partial charge is 0.497 e. The zero-order chi connectivity index (χ0) is 20.4. The number of methoxy groups -OCH3 is 1. The smallest absolute Gasteiger partial charge is 0.242 e. The molecular weight excluding hydrogens is 374 g/mol. The van der Waals surface area contributed by atoms with E-state index in [2.05, 4.69) is 5.32 Å². The Morgan fingerprint density at radius 3 is 2.50 bits per heavy atom. The molecule has 2 aromatic rings. The number of benzene rings is 2. The second-order valence-corrected chi connectivity index (χ2v) is 9.74. The van der Waals surface area contributed by atoms with Gasteiger partial charge in [0.25, 0.3) is 0 Å². The molecule has 1 amide bonds. The van der Waals surface area contributed by atoms with E-state index < -0.39 is 20.5 Å². The van der Waals surface area contributed by atoms with Crippen LogP contribution in [0.2, 0.25) is 0 Å². The molecule has 1 aliphatic carbocycles. The van der Waals surface area contributed by atoms with E-state index in [9.17, 15) is 13.2 Å². The highest BCUT2D eigenvalue weighted by Gasteiger charge is 2.53. The highest BCUT2D eigenvalue weighted by molar-refractivity contribution is 7.93. The molecule has 0 atom stereocenters. The zero-order valence-corrected chi connectivity index (χ0v) is 17.4. The quantitative estimate of drug-likeness (QED) is 0.801. The SMILES string of the molecule is COc1cccc(CNC(=O)C2(S(=O)(=O)c3cc(C)ccc3C)CCCC2)c1. The van der Waals surface area contributed by atoms with Crippen molar-refractivity contribution in [2.45, 2.75) is 55.7 Å². The van der Waals surface area contributed by atoms with Gasteiger partial charge in [-0.1, -0.05) is 37.1 Å². The molecule has 0 radical (unpaired) electrons. The minimum Gasteiger partial charge on any atom is -0.497 e. The van der Waals surface area contributed by atoms with Crippen LogP contribution in [-0.2, 0) is 21.2 Å². The Bertz CT molecular complexity index is 976. The first kappa shape index (κ1) is 20.4. The summed E-state index contributed by atoms with van der Waals surface area (Å²) in [5, 5.41) is 2.87. The minimum absolute atomic E-state index is 0.264. The van der Waals surface area contributed by atoms with Gasteiger partial charge in [-0.25, -0.2) is 8.42 Å². The molecule has 2 aromatic carbocycles. The number of nitrogens with one attached hydrogen (secondary N) is 1. The summed E-state index contributed by atoms with van der Waals surface area (Å²) in [6.45, 7) is 3.91. The average molecular weight is 402 g/mol. The molecule has 0 aromatic heterocycles. The van der Waals surface area contributed by atoms with Gasteiger partial charge in [-0.05, 0) is 61.6 Å². The summed E-state index contributed by atoms with van der Waals surface area (Å²) in [6, 6.07) is 12.8. The number of carbonyl (C=O) groups excluding carboxylic acids is 1. The Morgan fingerprint density at radius 1 is 1.11 bits per heavy atom. The molecule has 1 fully saturated rings. The van der Waals surface area contributed by atoms with Crippen LogP contribution in [0.5, 0.6) is 5.75 Å². The maximum absolute atomic E-state index is 13.6. The lowest BCUT2D eigenvalue weighted by molar-refractivity contribution is -0.123. The topological polar surface area (TPSA) is 72.5 Å². The lowest BCUT2D eigenvalue weighted by Gasteiger charge is -2.28. The zero-order valence-electron chi connectivity index (χ0n) is 16.6. The van der Waals surface area contributed by atoms with Crippen molar-refractivity contribution in [1.29, 1.82) is 0 Å². The van der Waals surface area contributed by atoms with E-state index in [0.717, 1.165) is 24.0 Å². The van der Waals surface area contributed by atoms with Crippen LogP contribution in [-0.4, -0.2) is 26.2 Å². The molecule has 150 valence electrons. The van der Waals surface area contributed by atoms with Crippen LogP contribution in [0.25, 0.3) is 0 Å². The number of sulfone groups is 1. The monoisotopic (exact) mass is 401 g/mol. The van der Waals surface area contributed by atoms with Crippen LogP contribution in [0.3, 0.4) is 0 Å². The first-order valence-corrected chi connectivity index (χ1v) is 11.0. The highest BCUT2D eigenvalue weighted by atomic mass is 32.2. The lowest BCUT2D eigenvalue weighted by atomic mass is 10.1. The van der Waals surface area contributed by atoms with Crippen molar-refractivity contribution >= 4 is 15.7 Å². The highest BCUT2D eigenvalue weighted by Crippen LogP contribution is 2.41. The molecule has 5 nitrogen and oxygen atoms in total. The molecule has 0 spiro atoms. The van der Waals surface area contributed by atoms with Gasteiger partial charge in [0, 0.05) is 6.54 Å². The van der Waals surface area contributed by atoms with Gasteiger partial charge in [0.1, 0.15) is 5.75 Å². The number of ether oxygens (including phenoxy) is 1. The molecule has 3 rings (SSSR count). The van der Waals surface area contributed by atoms with Gasteiger partial charge < -0.3 is 10.1 Å². The average Bonchev–Trinajstić information content (AvgIpc) is 3.20. The molecule has 0 saturated heterocycles. The summed E-state index contributed by atoms with van der Waals surface area (Å²) in [5.41, 5.74) is 2.41. The molecule has 0 bridgehead atoms. The van der Waals surface area contributed by atoms with Crippen molar-refractivity contribution in [3.63, 3.8) is 0 Å². The fourth-order valence-electron chi connectivity index (χ4n) is 3.90. The van der Waals surface area contributed by atoms with Crippen molar-refractivity contribution in [1.82, 2.24) is 5.32 Å². The first-order valence-electron chi connectivity index (χ1n) is 9.53. The Labute approximate surface area is 167 Å². The second-order valence-electron chi connectivity index (χ2n) is 7.51. The molecule has 6 heteroatoms. The van der Waals surface area contributed by atoms with Crippen LogP contribution in [0.15, 0.2) is 47.4 Å². The van der Waals surface area contributed by atoms with Gasteiger partial charge in [0.05, 0.1) is 12.0 Å². The lowest BCUT2D eigenvalue weighted by Crippen LogP contribution is -2.50. The van der Waals surface area contributed by atoms with Crippen LogP contribution < -0.4 is 10.1 Å². The standard InChI is InChI=1S/C22H27NO4S/c1-16-9-10-17(2)20(13-16)28(25,26)22(11-4-5-12-22)21(24)23-15-18-7-6-8-19(14-18)27-3/h6-10,13-14H,4-5,11-12,15H2,1-3H3,(H,23,24). The van der Waals surface area contributed by atoms with Gasteiger partial charge in [0.15, 0.2) is 14.6 Å². The van der Waals surface area contributed by atoms with E-state index in [0.29, 0.717) is 24.2 Å². The summed E-state index contributed by atoms with van der Waals surface area (Å²) in [7, 11) is -2.22. The molecule has 0 aliphatic heterocycles. The minimum atomic E-state index is -3.81. The second kappa shape index (κ2) is 7.95. The Hall–Kier alpha value is -2.34. The Balaban J connectivity index is 1.90. The van der Waals surface area contributed by atoms with Gasteiger partial charge in [-0.3, -0.25) is 4.79 Å². The van der Waals surface area contributed by atoms with Gasteiger partial charge in [-0.15, -0.1) is 0 Å². The summed E-state index contributed by atoms with van der Waals surface area (Å²) in [5.74, 6) is 0.291. The van der Waals surface area contributed by atoms with E-state index >= 15 is 0 Å². The van der Waals surface area contributed by atoms with Crippen molar-refractivity contribution < 1.29 is 17.9 Å². The molecule has 1 N–H and O–H groups in total. The van der Waals surface area contributed by atoms with Crippen LogP contribution in [0, 0.1) is 13.8 Å². The molecule has 0 heterocycles. The molecular formula is C22H27NO4S. The molecule has 28 heavy (non-hydrogen) atoms. The maximum atomic E-state index is 13.6.